The number of hydrogen-bond donors (Lipinski definition) is 1. The first-order valence-corrected chi connectivity index (χ1v) is 12.3. The van der Waals surface area contributed by atoms with Crippen molar-refractivity contribution in [3.05, 3.63) is 65.4 Å². The first-order chi connectivity index (χ1) is 16.4. The van der Waals surface area contributed by atoms with Crippen molar-refractivity contribution in [1.29, 1.82) is 0 Å². The molecule has 1 N–H and O–H groups in total. The lowest BCUT2D eigenvalue weighted by molar-refractivity contribution is 0.102. The summed E-state index contributed by atoms with van der Waals surface area (Å²) in [6, 6.07) is 13.0. The maximum absolute atomic E-state index is 12.9. The van der Waals surface area contributed by atoms with Gasteiger partial charge in [0.2, 0.25) is 6.79 Å². The number of amides is 1. The molecular weight excluding hydrogens is 482 g/mol. The molecule has 2 aromatic heterocycles. The van der Waals surface area contributed by atoms with Gasteiger partial charge in [-0.2, -0.15) is 4.31 Å². The van der Waals surface area contributed by atoms with E-state index >= 15 is 0 Å². The lowest BCUT2D eigenvalue weighted by Gasteiger charge is -2.35. The molecular formula is C22H20ClN5O5S. The molecule has 4 heterocycles. The Balaban J connectivity index is 1.29. The van der Waals surface area contributed by atoms with Gasteiger partial charge in [0, 0.05) is 37.9 Å². The van der Waals surface area contributed by atoms with Gasteiger partial charge in [-0.1, -0.05) is 17.7 Å². The molecule has 1 amide bonds. The van der Waals surface area contributed by atoms with Crippen LogP contribution in [0.3, 0.4) is 0 Å². The molecule has 1 aromatic carbocycles. The van der Waals surface area contributed by atoms with E-state index in [1.807, 2.05) is 4.90 Å². The van der Waals surface area contributed by atoms with E-state index in [0.717, 1.165) is 0 Å². The average molecular weight is 502 g/mol. The second-order valence-electron chi connectivity index (χ2n) is 7.59. The monoisotopic (exact) mass is 501 g/mol. The van der Waals surface area contributed by atoms with Crippen LogP contribution in [0, 0.1) is 0 Å². The van der Waals surface area contributed by atoms with Gasteiger partial charge >= 0.3 is 0 Å². The van der Waals surface area contributed by atoms with E-state index in [0.29, 0.717) is 41.7 Å². The predicted octanol–water partition coefficient (Wildman–Crippen LogP) is 2.62. The van der Waals surface area contributed by atoms with E-state index < -0.39 is 10.0 Å². The number of halogens is 1. The predicted molar refractivity (Wildman–Crippen MR) is 125 cm³/mol. The third-order valence-electron chi connectivity index (χ3n) is 5.50. The molecule has 1 fully saturated rings. The van der Waals surface area contributed by atoms with Crippen LogP contribution in [0.25, 0.3) is 0 Å². The molecule has 0 atom stereocenters. The Morgan fingerprint density at radius 1 is 1.00 bits per heavy atom. The molecule has 0 unspecified atom stereocenters. The molecule has 0 saturated carbocycles. The molecule has 0 radical (unpaired) electrons. The van der Waals surface area contributed by atoms with Gasteiger partial charge in [0.1, 0.15) is 5.15 Å². The first kappa shape index (κ1) is 22.4. The zero-order chi connectivity index (χ0) is 23.7. The number of nitrogens with zero attached hydrogens (tertiary/aromatic N) is 4. The third-order valence-corrected chi connectivity index (χ3v) is 7.51. The smallest absolute Gasteiger partial charge is 0.260 e. The second-order valence-corrected chi connectivity index (χ2v) is 9.86. The summed E-state index contributed by atoms with van der Waals surface area (Å²) in [4.78, 5) is 23.2. The number of fused-ring (bicyclic) bond motifs is 1. The number of piperazine rings is 1. The molecule has 176 valence electrons. The van der Waals surface area contributed by atoms with Gasteiger partial charge in [-0.05, 0) is 42.5 Å². The highest BCUT2D eigenvalue weighted by molar-refractivity contribution is 7.89. The minimum absolute atomic E-state index is 0.0806. The molecule has 0 spiro atoms. The van der Waals surface area contributed by atoms with Gasteiger partial charge in [-0.3, -0.25) is 4.79 Å². The number of ether oxygens (including phenoxy) is 2. The molecule has 0 aliphatic carbocycles. The standard InChI is InChI=1S/C22H20ClN5O5S/c23-19-4-1-5-20(26-19)34(30,31)28-11-9-27(10-12-28)21-16(3-2-8-24-21)25-22(29)15-6-7-17-18(13-15)33-14-32-17/h1-8,13H,9-12,14H2,(H,25,29). The highest BCUT2D eigenvalue weighted by Crippen LogP contribution is 2.33. The lowest BCUT2D eigenvalue weighted by atomic mass is 10.2. The molecule has 12 heteroatoms. The van der Waals surface area contributed by atoms with Crippen LogP contribution in [-0.2, 0) is 10.0 Å². The normalized spacial score (nSPS) is 15.9. The second kappa shape index (κ2) is 9.09. The minimum atomic E-state index is -3.76. The molecule has 1 saturated heterocycles. The van der Waals surface area contributed by atoms with E-state index in [1.165, 1.54) is 16.4 Å². The fraction of sp³-hybridized carbons (Fsp3) is 0.227. The summed E-state index contributed by atoms with van der Waals surface area (Å²) in [6.45, 7) is 1.39. The maximum atomic E-state index is 12.9. The number of carbonyl (C=O) groups excluding carboxylic acids is 1. The van der Waals surface area contributed by atoms with Gasteiger partial charge in [0.15, 0.2) is 22.3 Å². The summed E-state index contributed by atoms with van der Waals surface area (Å²) in [7, 11) is -3.76. The largest absolute Gasteiger partial charge is 0.454 e. The van der Waals surface area contributed by atoms with Gasteiger partial charge in [0.05, 0.1) is 5.69 Å². The molecule has 3 aromatic rings. The van der Waals surface area contributed by atoms with E-state index in [1.54, 1.807) is 42.6 Å². The molecule has 2 aliphatic rings. The van der Waals surface area contributed by atoms with Crippen molar-refractivity contribution < 1.29 is 22.7 Å². The summed E-state index contributed by atoms with van der Waals surface area (Å²) >= 11 is 5.87. The van der Waals surface area contributed by atoms with Gasteiger partial charge < -0.3 is 19.7 Å². The van der Waals surface area contributed by atoms with Crippen LogP contribution in [0.15, 0.2) is 59.8 Å². The van der Waals surface area contributed by atoms with Crippen molar-refractivity contribution in [2.75, 3.05) is 43.2 Å². The van der Waals surface area contributed by atoms with Gasteiger partial charge in [-0.25, -0.2) is 18.4 Å². The number of rotatable bonds is 5. The molecule has 0 bridgehead atoms. The Hall–Kier alpha value is -3.41. The first-order valence-electron chi connectivity index (χ1n) is 10.5. The topological polar surface area (TPSA) is 114 Å². The van der Waals surface area contributed by atoms with Crippen LogP contribution in [-0.4, -0.2) is 61.6 Å². The summed E-state index contributed by atoms with van der Waals surface area (Å²) in [5.74, 6) is 1.36. The van der Waals surface area contributed by atoms with Crippen LogP contribution in [0.5, 0.6) is 11.5 Å². The van der Waals surface area contributed by atoms with Crippen LogP contribution in [0.1, 0.15) is 10.4 Å². The number of hydrogen-bond acceptors (Lipinski definition) is 8. The molecule has 10 nitrogen and oxygen atoms in total. The average Bonchev–Trinajstić information content (AvgIpc) is 3.32. The third kappa shape index (κ3) is 4.37. The summed E-state index contributed by atoms with van der Waals surface area (Å²) < 4.78 is 37.9. The Morgan fingerprint density at radius 2 is 1.79 bits per heavy atom. The zero-order valence-corrected chi connectivity index (χ0v) is 19.4. The van der Waals surface area contributed by atoms with Gasteiger partial charge in [0.25, 0.3) is 15.9 Å². The molecule has 2 aliphatic heterocycles. The Labute approximate surface area is 201 Å². The Morgan fingerprint density at radius 3 is 2.59 bits per heavy atom. The Kier molecular flexibility index (Phi) is 5.98. The maximum Gasteiger partial charge on any atom is 0.260 e. The number of aromatic nitrogens is 2. The van der Waals surface area contributed by atoms with Crippen LogP contribution < -0.4 is 19.7 Å². The van der Waals surface area contributed by atoms with Crippen LogP contribution in [0.4, 0.5) is 11.5 Å². The summed E-state index contributed by atoms with van der Waals surface area (Å²) in [5.41, 5.74) is 0.946. The van der Waals surface area contributed by atoms with E-state index in [4.69, 9.17) is 21.1 Å². The number of carbonyl (C=O) groups is 1. The minimum Gasteiger partial charge on any atom is -0.454 e. The van der Waals surface area contributed by atoms with Crippen molar-refractivity contribution in [1.82, 2.24) is 14.3 Å². The fourth-order valence-corrected chi connectivity index (χ4v) is 5.37. The Bertz CT molecular complexity index is 1350. The molecule has 5 rings (SSSR count). The number of benzene rings is 1. The van der Waals surface area contributed by atoms with Crippen molar-refractivity contribution >= 4 is 39.0 Å². The highest BCUT2D eigenvalue weighted by Gasteiger charge is 2.31. The van der Waals surface area contributed by atoms with Crippen LogP contribution >= 0.6 is 11.6 Å². The lowest BCUT2D eigenvalue weighted by Crippen LogP contribution is -2.49. The molecule has 34 heavy (non-hydrogen) atoms. The van der Waals surface area contributed by atoms with Crippen molar-refractivity contribution in [3.63, 3.8) is 0 Å². The fourth-order valence-electron chi connectivity index (χ4n) is 3.78. The van der Waals surface area contributed by atoms with E-state index in [9.17, 15) is 13.2 Å². The number of anilines is 2. The van der Waals surface area contributed by atoms with Crippen molar-refractivity contribution in [2.45, 2.75) is 5.03 Å². The highest BCUT2D eigenvalue weighted by atomic mass is 35.5. The quantitative estimate of drug-likeness (QED) is 0.531. The van der Waals surface area contributed by atoms with Crippen molar-refractivity contribution in [2.24, 2.45) is 0 Å². The number of sulfonamides is 1. The van der Waals surface area contributed by atoms with E-state index in [-0.39, 0.29) is 36.0 Å². The number of nitrogens with one attached hydrogen (secondary N) is 1. The summed E-state index contributed by atoms with van der Waals surface area (Å²) in [5, 5.41) is 2.93. The van der Waals surface area contributed by atoms with Crippen molar-refractivity contribution in [3.8, 4) is 11.5 Å². The SMILES string of the molecule is O=C(Nc1cccnc1N1CCN(S(=O)(=O)c2cccc(Cl)n2)CC1)c1ccc2c(c1)OCO2. The van der Waals surface area contributed by atoms with E-state index in [2.05, 4.69) is 15.3 Å². The van der Waals surface area contributed by atoms with Crippen LogP contribution in [0.2, 0.25) is 5.15 Å². The van der Waals surface area contributed by atoms with Gasteiger partial charge in [-0.15, -0.1) is 0 Å². The zero-order valence-electron chi connectivity index (χ0n) is 17.8. The summed E-state index contributed by atoms with van der Waals surface area (Å²) in [6.07, 6.45) is 1.63. The number of pyridine rings is 2.